The molecule has 0 heterocycles. The molecule has 0 bridgehead atoms. The first-order valence-corrected chi connectivity index (χ1v) is 3.95. The molecule has 2 heteroatoms. The molecule has 0 amide bonds. The zero-order chi connectivity index (χ0) is 8.04. The van der Waals surface area contributed by atoms with Crippen molar-refractivity contribution in [3.05, 3.63) is 0 Å². The normalized spacial score (nSPS) is 16.8. The van der Waals surface area contributed by atoms with Gasteiger partial charge in [0, 0.05) is 6.61 Å². The number of hydrogen-bond donors (Lipinski definition) is 2. The molecule has 0 spiro atoms. The van der Waals surface area contributed by atoms with E-state index in [1.165, 1.54) is 0 Å². The molecule has 10 heavy (non-hydrogen) atoms. The molecule has 0 aliphatic heterocycles. The molecule has 62 valence electrons. The monoisotopic (exact) mass is 146 g/mol. The Bertz CT molecular complexity index is 79.3. The van der Waals surface area contributed by atoms with E-state index in [2.05, 4.69) is 0 Å². The van der Waals surface area contributed by atoms with Crippen molar-refractivity contribution in [2.24, 2.45) is 0 Å². The van der Waals surface area contributed by atoms with Gasteiger partial charge >= 0.3 is 0 Å². The average Bonchev–Trinajstić information content (AvgIpc) is 1.84. The lowest BCUT2D eigenvalue weighted by Crippen LogP contribution is -2.23. The molecule has 0 fully saturated rings. The summed E-state index contributed by atoms with van der Waals surface area (Å²) in [5, 5.41) is 18.0. The van der Waals surface area contributed by atoms with Gasteiger partial charge in [0.05, 0.1) is 5.60 Å². The van der Waals surface area contributed by atoms with Gasteiger partial charge in [-0.05, 0) is 26.2 Å². The highest BCUT2D eigenvalue weighted by Gasteiger charge is 2.17. The summed E-state index contributed by atoms with van der Waals surface area (Å²) >= 11 is 0. The third-order valence-electron chi connectivity index (χ3n) is 1.66. The third-order valence-corrected chi connectivity index (χ3v) is 1.66. The van der Waals surface area contributed by atoms with Crippen LogP contribution in [0.4, 0.5) is 0 Å². The zero-order valence-corrected chi connectivity index (χ0v) is 6.93. The van der Waals surface area contributed by atoms with Crippen LogP contribution in [0, 0.1) is 0 Å². The van der Waals surface area contributed by atoms with Gasteiger partial charge in [-0.15, -0.1) is 0 Å². The van der Waals surface area contributed by atoms with Crippen LogP contribution in [0.25, 0.3) is 0 Å². The first-order chi connectivity index (χ1) is 4.62. The number of hydrogen-bond acceptors (Lipinski definition) is 2. The Morgan fingerprint density at radius 3 is 2.30 bits per heavy atom. The summed E-state index contributed by atoms with van der Waals surface area (Å²) in [7, 11) is 0. The van der Waals surface area contributed by atoms with Gasteiger partial charge in [-0.2, -0.15) is 0 Å². The first-order valence-electron chi connectivity index (χ1n) is 3.95. The Morgan fingerprint density at radius 1 is 1.30 bits per heavy atom. The zero-order valence-electron chi connectivity index (χ0n) is 6.93. The van der Waals surface area contributed by atoms with Gasteiger partial charge in [0.1, 0.15) is 0 Å². The molecule has 0 aliphatic carbocycles. The summed E-state index contributed by atoms with van der Waals surface area (Å²) in [6.07, 6.45) is 3.23. The van der Waals surface area contributed by atoms with Crippen LogP contribution in [-0.2, 0) is 0 Å². The average molecular weight is 146 g/mol. The highest BCUT2D eigenvalue weighted by atomic mass is 16.3. The fourth-order valence-electron chi connectivity index (χ4n) is 1.12. The van der Waals surface area contributed by atoms with Crippen molar-refractivity contribution in [3.63, 3.8) is 0 Å². The van der Waals surface area contributed by atoms with Crippen molar-refractivity contribution < 1.29 is 10.2 Å². The van der Waals surface area contributed by atoms with E-state index in [1.807, 2.05) is 13.8 Å². The molecule has 0 saturated heterocycles. The minimum atomic E-state index is -0.558. The van der Waals surface area contributed by atoms with Crippen LogP contribution >= 0.6 is 0 Å². The van der Waals surface area contributed by atoms with Crippen molar-refractivity contribution in [3.8, 4) is 0 Å². The van der Waals surface area contributed by atoms with Gasteiger partial charge in [0.15, 0.2) is 0 Å². The van der Waals surface area contributed by atoms with Gasteiger partial charge in [-0.25, -0.2) is 0 Å². The second kappa shape index (κ2) is 4.69. The molecule has 1 unspecified atom stereocenters. The topological polar surface area (TPSA) is 40.5 Å². The molecule has 1 atom stereocenters. The van der Waals surface area contributed by atoms with Gasteiger partial charge in [0.25, 0.3) is 0 Å². The van der Waals surface area contributed by atoms with E-state index >= 15 is 0 Å². The molecule has 0 radical (unpaired) electrons. The fraction of sp³-hybridized carbons (Fsp3) is 1.00. The second-order valence-corrected chi connectivity index (χ2v) is 3.07. The minimum Gasteiger partial charge on any atom is -0.396 e. The molecular formula is C8H18O2. The maximum Gasteiger partial charge on any atom is 0.0620 e. The predicted octanol–water partition coefficient (Wildman–Crippen LogP) is 1.31. The molecular weight excluding hydrogens is 128 g/mol. The number of rotatable bonds is 5. The van der Waals surface area contributed by atoms with Crippen LogP contribution in [0.2, 0.25) is 0 Å². The van der Waals surface area contributed by atoms with E-state index in [1.54, 1.807) is 0 Å². The van der Waals surface area contributed by atoms with Crippen LogP contribution in [0.5, 0.6) is 0 Å². The molecule has 0 rings (SSSR count). The van der Waals surface area contributed by atoms with E-state index < -0.39 is 5.60 Å². The molecule has 0 aromatic rings. The summed E-state index contributed by atoms with van der Waals surface area (Å²) in [4.78, 5) is 0. The molecule has 0 saturated carbocycles. The number of aliphatic hydroxyl groups is 2. The largest absolute Gasteiger partial charge is 0.396 e. The quantitative estimate of drug-likeness (QED) is 0.614. The van der Waals surface area contributed by atoms with Crippen molar-refractivity contribution in [2.75, 3.05) is 6.61 Å². The Morgan fingerprint density at radius 2 is 1.90 bits per heavy atom. The van der Waals surface area contributed by atoms with Crippen molar-refractivity contribution >= 4 is 0 Å². The maximum absolute atomic E-state index is 9.53. The molecule has 2 nitrogen and oxygen atoms in total. The molecule has 0 aromatic heterocycles. The summed E-state index contributed by atoms with van der Waals surface area (Å²) in [5.41, 5.74) is -0.558. The minimum absolute atomic E-state index is 0.180. The standard InChI is InChI=1S/C8H18O2/c1-3-5-8(2,10)6-4-7-9/h9-10H,3-7H2,1-2H3. The summed E-state index contributed by atoms with van der Waals surface area (Å²) in [5.74, 6) is 0. The molecule has 0 aliphatic rings. The Hall–Kier alpha value is -0.0800. The van der Waals surface area contributed by atoms with E-state index in [9.17, 15) is 5.11 Å². The van der Waals surface area contributed by atoms with Crippen LogP contribution < -0.4 is 0 Å². The first kappa shape index (κ1) is 9.92. The van der Waals surface area contributed by atoms with Gasteiger partial charge in [-0.1, -0.05) is 13.3 Å². The van der Waals surface area contributed by atoms with E-state index in [4.69, 9.17) is 5.11 Å². The Labute approximate surface area is 62.9 Å². The second-order valence-electron chi connectivity index (χ2n) is 3.07. The van der Waals surface area contributed by atoms with Crippen molar-refractivity contribution in [2.45, 2.75) is 45.1 Å². The summed E-state index contributed by atoms with van der Waals surface area (Å²) < 4.78 is 0. The maximum atomic E-state index is 9.53. The predicted molar refractivity (Wildman–Crippen MR) is 41.9 cm³/mol. The highest BCUT2D eigenvalue weighted by molar-refractivity contribution is 4.70. The number of aliphatic hydroxyl groups excluding tert-OH is 1. The van der Waals surface area contributed by atoms with E-state index in [-0.39, 0.29) is 6.61 Å². The van der Waals surface area contributed by atoms with Gasteiger partial charge in [0.2, 0.25) is 0 Å². The summed E-state index contributed by atoms with van der Waals surface area (Å²) in [6, 6.07) is 0. The van der Waals surface area contributed by atoms with Gasteiger partial charge < -0.3 is 10.2 Å². The van der Waals surface area contributed by atoms with Gasteiger partial charge in [-0.3, -0.25) is 0 Å². The van der Waals surface area contributed by atoms with Crippen LogP contribution in [0.1, 0.15) is 39.5 Å². The van der Waals surface area contributed by atoms with E-state index in [0.717, 1.165) is 12.8 Å². The smallest absolute Gasteiger partial charge is 0.0620 e. The van der Waals surface area contributed by atoms with Crippen molar-refractivity contribution in [1.29, 1.82) is 0 Å². The Kier molecular flexibility index (Phi) is 4.65. The lowest BCUT2D eigenvalue weighted by molar-refractivity contribution is 0.0345. The molecule has 0 aromatic carbocycles. The Balaban J connectivity index is 3.42. The SMILES string of the molecule is CCCC(C)(O)CCCO. The van der Waals surface area contributed by atoms with Crippen LogP contribution in [-0.4, -0.2) is 22.4 Å². The summed E-state index contributed by atoms with van der Waals surface area (Å²) in [6.45, 7) is 4.06. The van der Waals surface area contributed by atoms with Crippen LogP contribution in [0.15, 0.2) is 0 Å². The lowest BCUT2D eigenvalue weighted by atomic mass is 9.95. The third kappa shape index (κ3) is 4.77. The highest BCUT2D eigenvalue weighted by Crippen LogP contribution is 2.17. The lowest BCUT2D eigenvalue weighted by Gasteiger charge is -2.21. The van der Waals surface area contributed by atoms with Crippen molar-refractivity contribution in [1.82, 2.24) is 0 Å². The fourth-order valence-corrected chi connectivity index (χ4v) is 1.12. The van der Waals surface area contributed by atoms with E-state index in [0.29, 0.717) is 12.8 Å². The molecule has 2 N–H and O–H groups in total. The van der Waals surface area contributed by atoms with Crippen LogP contribution in [0.3, 0.4) is 0 Å².